The molecule has 4 heteroatoms. The summed E-state index contributed by atoms with van der Waals surface area (Å²) in [4.78, 5) is 6.21. The molecule has 166 valence electrons. The molecule has 0 fully saturated rings. The Morgan fingerprint density at radius 3 is 2.78 bits per heavy atom. The fourth-order valence-electron chi connectivity index (χ4n) is 4.50. The SMILES string of the molecule is CCCCOc1ccc2ccccc2c1C=Nc1sc2c(c1C#N)CC[C@@H](C(C)(C)C)C2. The van der Waals surface area contributed by atoms with E-state index in [9.17, 15) is 5.26 Å². The van der Waals surface area contributed by atoms with Gasteiger partial charge in [0.25, 0.3) is 0 Å². The van der Waals surface area contributed by atoms with E-state index in [1.165, 1.54) is 10.4 Å². The van der Waals surface area contributed by atoms with Crippen LogP contribution in [0, 0.1) is 22.7 Å². The maximum atomic E-state index is 9.91. The van der Waals surface area contributed by atoms with Gasteiger partial charge in [-0.1, -0.05) is 64.4 Å². The maximum Gasteiger partial charge on any atom is 0.134 e. The minimum absolute atomic E-state index is 0.283. The Balaban J connectivity index is 1.71. The van der Waals surface area contributed by atoms with Gasteiger partial charge in [0.2, 0.25) is 0 Å². The Hall–Kier alpha value is -2.64. The Kier molecular flexibility index (Phi) is 6.67. The smallest absolute Gasteiger partial charge is 0.134 e. The quantitative estimate of drug-likeness (QED) is 0.287. The van der Waals surface area contributed by atoms with Crippen molar-refractivity contribution in [2.45, 2.75) is 59.8 Å². The first-order valence-electron chi connectivity index (χ1n) is 11.7. The number of nitriles is 1. The lowest BCUT2D eigenvalue weighted by Crippen LogP contribution is -2.26. The molecule has 1 aliphatic rings. The summed E-state index contributed by atoms with van der Waals surface area (Å²) in [7, 11) is 0. The van der Waals surface area contributed by atoms with Crippen molar-refractivity contribution in [1.29, 1.82) is 5.26 Å². The average Bonchev–Trinajstić information content (AvgIpc) is 3.14. The molecule has 1 heterocycles. The second kappa shape index (κ2) is 9.46. The highest BCUT2D eigenvalue weighted by atomic mass is 32.1. The first kappa shape index (κ1) is 22.6. The molecule has 3 nitrogen and oxygen atoms in total. The fraction of sp³-hybridized carbons (Fsp3) is 0.429. The number of aliphatic imine (C=N–C) groups is 1. The lowest BCUT2D eigenvalue weighted by molar-refractivity contribution is 0.218. The third-order valence-corrected chi connectivity index (χ3v) is 7.74. The van der Waals surface area contributed by atoms with Crippen LogP contribution in [0.3, 0.4) is 0 Å². The van der Waals surface area contributed by atoms with Crippen LogP contribution < -0.4 is 4.74 Å². The lowest BCUT2D eigenvalue weighted by Gasteiger charge is -2.33. The van der Waals surface area contributed by atoms with E-state index in [4.69, 9.17) is 9.73 Å². The molecule has 0 unspecified atom stereocenters. The lowest BCUT2D eigenvalue weighted by atomic mass is 9.72. The van der Waals surface area contributed by atoms with E-state index in [0.29, 0.717) is 12.5 Å². The Bertz CT molecular complexity index is 1180. The highest BCUT2D eigenvalue weighted by Crippen LogP contribution is 2.45. The Morgan fingerprint density at radius 1 is 1.22 bits per heavy atom. The van der Waals surface area contributed by atoms with E-state index in [1.807, 2.05) is 24.4 Å². The van der Waals surface area contributed by atoms with Crippen molar-refractivity contribution in [1.82, 2.24) is 0 Å². The van der Waals surface area contributed by atoms with Crippen LogP contribution in [0.25, 0.3) is 10.8 Å². The molecule has 0 N–H and O–H groups in total. The largest absolute Gasteiger partial charge is 0.493 e. The van der Waals surface area contributed by atoms with Crippen molar-refractivity contribution in [2.24, 2.45) is 16.3 Å². The molecular formula is C28H32N2OS. The predicted molar refractivity (Wildman–Crippen MR) is 136 cm³/mol. The number of benzene rings is 2. The molecule has 32 heavy (non-hydrogen) atoms. The van der Waals surface area contributed by atoms with Gasteiger partial charge in [-0.3, -0.25) is 0 Å². The van der Waals surface area contributed by atoms with Crippen LogP contribution in [0.15, 0.2) is 41.4 Å². The van der Waals surface area contributed by atoms with Crippen molar-refractivity contribution in [3.05, 3.63) is 58.0 Å². The number of unbranched alkanes of at least 4 members (excludes halogenated alkanes) is 1. The van der Waals surface area contributed by atoms with E-state index in [0.717, 1.165) is 64.8 Å². The molecule has 3 aromatic rings. The van der Waals surface area contributed by atoms with Crippen molar-refractivity contribution < 1.29 is 4.74 Å². The predicted octanol–water partition coefficient (Wildman–Crippen LogP) is 7.85. The normalized spacial score (nSPS) is 16.3. The van der Waals surface area contributed by atoms with E-state index >= 15 is 0 Å². The van der Waals surface area contributed by atoms with Gasteiger partial charge in [-0.25, -0.2) is 4.99 Å². The summed E-state index contributed by atoms with van der Waals surface area (Å²) in [6, 6.07) is 14.9. The average molecular weight is 445 g/mol. The molecule has 0 radical (unpaired) electrons. The standard InChI is InChI=1S/C28H32N2OS/c1-5-6-15-31-25-14-11-19-9-7-8-10-21(19)24(25)18-30-27-23(17-29)22-13-12-20(28(2,3)4)16-26(22)32-27/h7-11,14,18,20H,5-6,12-13,15-16H2,1-4H3/t20-/m1/s1. The van der Waals surface area contributed by atoms with Gasteiger partial charge in [0, 0.05) is 16.7 Å². The molecule has 0 amide bonds. The van der Waals surface area contributed by atoms with Crippen molar-refractivity contribution in [3.63, 3.8) is 0 Å². The van der Waals surface area contributed by atoms with Gasteiger partial charge >= 0.3 is 0 Å². The monoisotopic (exact) mass is 444 g/mol. The fourth-order valence-corrected chi connectivity index (χ4v) is 5.72. The number of thiophene rings is 1. The van der Waals surface area contributed by atoms with Gasteiger partial charge in [0.05, 0.1) is 12.2 Å². The molecular weight excluding hydrogens is 412 g/mol. The van der Waals surface area contributed by atoms with Crippen molar-refractivity contribution in [2.75, 3.05) is 6.61 Å². The number of hydrogen-bond acceptors (Lipinski definition) is 4. The van der Waals surface area contributed by atoms with Crippen LogP contribution in [-0.2, 0) is 12.8 Å². The molecule has 0 saturated carbocycles. The van der Waals surface area contributed by atoms with Gasteiger partial charge in [-0.15, -0.1) is 11.3 Å². The third-order valence-electron chi connectivity index (χ3n) is 6.58. The maximum absolute atomic E-state index is 9.91. The second-order valence-electron chi connectivity index (χ2n) is 9.76. The number of fused-ring (bicyclic) bond motifs is 2. The Labute approximate surface area is 195 Å². The molecule has 0 saturated heterocycles. The van der Waals surface area contributed by atoms with Gasteiger partial charge in [-0.05, 0) is 59.4 Å². The molecule has 1 aliphatic carbocycles. The molecule has 0 aliphatic heterocycles. The number of ether oxygens (including phenoxy) is 1. The van der Waals surface area contributed by atoms with E-state index in [-0.39, 0.29) is 5.41 Å². The summed E-state index contributed by atoms with van der Waals surface area (Å²) in [5, 5.41) is 13.0. The zero-order chi connectivity index (χ0) is 22.7. The number of rotatable bonds is 6. The summed E-state index contributed by atoms with van der Waals surface area (Å²) in [5.41, 5.74) is 3.26. The van der Waals surface area contributed by atoms with Gasteiger partial charge in [0.1, 0.15) is 16.8 Å². The molecule has 0 spiro atoms. The van der Waals surface area contributed by atoms with Crippen LogP contribution in [-0.4, -0.2) is 12.8 Å². The molecule has 0 bridgehead atoms. The molecule has 4 rings (SSSR count). The molecule has 2 aromatic carbocycles. The van der Waals surface area contributed by atoms with Crippen LogP contribution in [0.2, 0.25) is 0 Å². The topological polar surface area (TPSA) is 45.4 Å². The summed E-state index contributed by atoms with van der Waals surface area (Å²) >= 11 is 1.70. The summed E-state index contributed by atoms with van der Waals surface area (Å²) < 4.78 is 6.11. The van der Waals surface area contributed by atoms with Gasteiger partial charge in [0.15, 0.2) is 0 Å². The van der Waals surface area contributed by atoms with E-state index < -0.39 is 0 Å². The summed E-state index contributed by atoms with van der Waals surface area (Å²) in [5.74, 6) is 1.50. The minimum atomic E-state index is 0.283. The zero-order valence-electron chi connectivity index (χ0n) is 19.6. The first-order valence-corrected chi connectivity index (χ1v) is 12.5. The molecule has 1 atom stereocenters. The highest BCUT2D eigenvalue weighted by Gasteiger charge is 2.32. The van der Waals surface area contributed by atoms with Crippen molar-refractivity contribution in [3.8, 4) is 11.8 Å². The van der Waals surface area contributed by atoms with E-state index in [1.54, 1.807) is 11.3 Å². The highest BCUT2D eigenvalue weighted by molar-refractivity contribution is 7.16. The van der Waals surface area contributed by atoms with Gasteiger partial charge in [-0.2, -0.15) is 5.26 Å². The summed E-state index contributed by atoms with van der Waals surface area (Å²) in [6.07, 6.45) is 7.19. The second-order valence-corrected chi connectivity index (χ2v) is 10.8. The van der Waals surface area contributed by atoms with E-state index in [2.05, 4.69) is 52.0 Å². The van der Waals surface area contributed by atoms with Gasteiger partial charge < -0.3 is 4.74 Å². The van der Waals surface area contributed by atoms with Crippen LogP contribution in [0.4, 0.5) is 5.00 Å². The Morgan fingerprint density at radius 2 is 2.03 bits per heavy atom. The zero-order valence-corrected chi connectivity index (χ0v) is 20.4. The minimum Gasteiger partial charge on any atom is -0.493 e. The van der Waals surface area contributed by atoms with Crippen LogP contribution >= 0.6 is 11.3 Å². The number of hydrogen-bond donors (Lipinski definition) is 0. The first-order chi connectivity index (χ1) is 15.4. The van der Waals surface area contributed by atoms with Crippen molar-refractivity contribution >= 4 is 33.3 Å². The molecule has 1 aromatic heterocycles. The third kappa shape index (κ3) is 4.59. The van der Waals surface area contributed by atoms with Crippen LogP contribution in [0.1, 0.15) is 68.5 Å². The summed E-state index contributed by atoms with van der Waals surface area (Å²) in [6.45, 7) is 9.82. The van der Waals surface area contributed by atoms with Crippen LogP contribution in [0.5, 0.6) is 5.75 Å². The number of nitrogens with zero attached hydrogens (tertiary/aromatic N) is 2.